The highest BCUT2D eigenvalue weighted by molar-refractivity contribution is 5.82. The van der Waals surface area contributed by atoms with E-state index in [1.807, 2.05) is 18.2 Å². The lowest BCUT2D eigenvalue weighted by Gasteiger charge is -2.06. The zero-order chi connectivity index (χ0) is 12.5. The van der Waals surface area contributed by atoms with Crippen LogP contribution in [0.15, 0.2) is 30.3 Å². The molecule has 0 aliphatic carbocycles. The molecule has 0 fully saturated rings. The van der Waals surface area contributed by atoms with Gasteiger partial charge >= 0.3 is 5.97 Å². The summed E-state index contributed by atoms with van der Waals surface area (Å²) in [6, 6.07) is 8.97. The topological polar surface area (TPSA) is 64.6 Å². The maximum Gasteiger partial charge on any atom is 0.325 e. The van der Waals surface area contributed by atoms with Gasteiger partial charge in [0.2, 0.25) is 0 Å². The van der Waals surface area contributed by atoms with Gasteiger partial charge in [0.05, 0.1) is 6.61 Å². The van der Waals surface area contributed by atoms with Crippen LogP contribution >= 0.6 is 0 Å². The van der Waals surface area contributed by atoms with Crippen molar-refractivity contribution in [2.45, 2.75) is 6.92 Å². The Kier molecular flexibility index (Phi) is 5.57. The largest absolute Gasteiger partial charge is 0.484 e. The minimum atomic E-state index is -0.458. The van der Waals surface area contributed by atoms with Gasteiger partial charge in [0, 0.05) is 0 Å². The van der Waals surface area contributed by atoms with Crippen molar-refractivity contribution in [1.82, 2.24) is 5.32 Å². The van der Waals surface area contributed by atoms with Crippen LogP contribution in [0, 0.1) is 0 Å². The number of nitrogens with one attached hydrogen (secondary N) is 1. The molecule has 1 aromatic carbocycles. The van der Waals surface area contributed by atoms with E-state index >= 15 is 0 Å². The average molecular weight is 237 g/mol. The number of carbonyl (C=O) groups is 2. The second kappa shape index (κ2) is 7.27. The first kappa shape index (κ1) is 13.0. The molecule has 0 unspecified atom stereocenters. The van der Waals surface area contributed by atoms with E-state index in [1.54, 1.807) is 19.1 Å². The fraction of sp³-hybridized carbons (Fsp3) is 0.333. The third kappa shape index (κ3) is 5.55. The van der Waals surface area contributed by atoms with E-state index in [4.69, 9.17) is 4.74 Å². The summed E-state index contributed by atoms with van der Waals surface area (Å²) in [4.78, 5) is 22.2. The molecule has 0 saturated heterocycles. The number of esters is 1. The Morgan fingerprint density at radius 2 is 1.94 bits per heavy atom. The molecule has 5 nitrogen and oxygen atoms in total. The molecule has 0 aromatic heterocycles. The molecule has 0 radical (unpaired) electrons. The predicted octanol–water partition coefficient (Wildman–Crippen LogP) is 0.745. The maximum absolute atomic E-state index is 11.3. The third-order valence-corrected chi connectivity index (χ3v) is 1.85. The quantitative estimate of drug-likeness (QED) is 0.741. The number of rotatable bonds is 6. The zero-order valence-corrected chi connectivity index (χ0v) is 9.64. The number of para-hydroxylation sites is 1. The molecule has 92 valence electrons. The number of carbonyl (C=O) groups excluding carboxylic acids is 2. The van der Waals surface area contributed by atoms with Crippen molar-refractivity contribution in [3.63, 3.8) is 0 Å². The zero-order valence-electron chi connectivity index (χ0n) is 9.64. The van der Waals surface area contributed by atoms with Crippen molar-refractivity contribution in [1.29, 1.82) is 0 Å². The summed E-state index contributed by atoms with van der Waals surface area (Å²) in [6.07, 6.45) is 0. The summed E-state index contributed by atoms with van der Waals surface area (Å²) in [5, 5.41) is 2.40. The Labute approximate surface area is 99.7 Å². The summed E-state index contributed by atoms with van der Waals surface area (Å²) in [5.41, 5.74) is 0. The molecule has 1 aromatic rings. The van der Waals surface area contributed by atoms with Crippen LogP contribution in [0.3, 0.4) is 0 Å². The average Bonchev–Trinajstić information content (AvgIpc) is 2.35. The van der Waals surface area contributed by atoms with E-state index in [0.717, 1.165) is 0 Å². The molecule has 17 heavy (non-hydrogen) atoms. The lowest BCUT2D eigenvalue weighted by atomic mass is 10.3. The first-order chi connectivity index (χ1) is 8.22. The number of benzene rings is 1. The molecule has 0 bridgehead atoms. The van der Waals surface area contributed by atoms with Crippen LogP contribution in [-0.4, -0.2) is 31.6 Å². The van der Waals surface area contributed by atoms with Gasteiger partial charge in [0.25, 0.3) is 5.91 Å². The Morgan fingerprint density at radius 1 is 1.24 bits per heavy atom. The molecule has 0 saturated carbocycles. The SMILES string of the molecule is CCOC(=O)CNC(=O)COc1ccccc1. The smallest absolute Gasteiger partial charge is 0.325 e. The molecule has 1 N–H and O–H groups in total. The van der Waals surface area contributed by atoms with Gasteiger partial charge in [0.15, 0.2) is 6.61 Å². The summed E-state index contributed by atoms with van der Waals surface area (Å²) < 4.78 is 9.86. The monoisotopic (exact) mass is 237 g/mol. The summed E-state index contributed by atoms with van der Waals surface area (Å²) in [6.45, 7) is 1.75. The number of hydrogen-bond donors (Lipinski definition) is 1. The Hall–Kier alpha value is -2.04. The summed E-state index contributed by atoms with van der Waals surface area (Å²) >= 11 is 0. The van der Waals surface area contributed by atoms with Crippen molar-refractivity contribution in [3.05, 3.63) is 30.3 Å². The van der Waals surface area contributed by atoms with Gasteiger partial charge in [0.1, 0.15) is 12.3 Å². The molecule has 0 spiro atoms. The molecule has 5 heteroatoms. The van der Waals surface area contributed by atoms with Crippen molar-refractivity contribution in [3.8, 4) is 5.75 Å². The Morgan fingerprint density at radius 3 is 2.59 bits per heavy atom. The fourth-order valence-corrected chi connectivity index (χ4v) is 1.10. The first-order valence-electron chi connectivity index (χ1n) is 5.32. The van der Waals surface area contributed by atoms with E-state index in [9.17, 15) is 9.59 Å². The minimum Gasteiger partial charge on any atom is -0.484 e. The van der Waals surface area contributed by atoms with Crippen LogP contribution in [0.4, 0.5) is 0 Å². The van der Waals surface area contributed by atoms with E-state index in [-0.39, 0.29) is 19.1 Å². The molecule has 0 aliphatic heterocycles. The Bertz CT molecular complexity index is 364. The number of hydrogen-bond acceptors (Lipinski definition) is 4. The number of ether oxygens (including phenoxy) is 2. The van der Waals surface area contributed by atoms with Crippen LogP contribution in [0.5, 0.6) is 5.75 Å². The van der Waals surface area contributed by atoms with E-state index in [2.05, 4.69) is 10.1 Å². The second-order valence-electron chi connectivity index (χ2n) is 3.18. The van der Waals surface area contributed by atoms with Crippen LogP contribution in [0.25, 0.3) is 0 Å². The van der Waals surface area contributed by atoms with Crippen LogP contribution in [-0.2, 0) is 14.3 Å². The molecule has 0 aliphatic rings. The van der Waals surface area contributed by atoms with Crippen LogP contribution in [0.1, 0.15) is 6.92 Å². The predicted molar refractivity (Wildman–Crippen MR) is 61.6 cm³/mol. The highest BCUT2D eigenvalue weighted by Gasteiger charge is 2.06. The third-order valence-electron chi connectivity index (χ3n) is 1.85. The molecule has 0 atom stereocenters. The summed E-state index contributed by atoms with van der Waals surface area (Å²) in [7, 11) is 0. The van der Waals surface area contributed by atoms with E-state index < -0.39 is 5.97 Å². The van der Waals surface area contributed by atoms with E-state index in [1.165, 1.54) is 0 Å². The first-order valence-corrected chi connectivity index (χ1v) is 5.32. The second-order valence-corrected chi connectivity index (χ2v) is 3.18. The van der Waals surface area contributed by atoms with Gasteiger partial charge in [-0.25, -0.2) is 0 Å². The standard InChI is InChI=1S/C12H15NO4/c1-2-16-12(15)8-13-11(14)9-17-10-6-4-3-5-7-10/h3-7H,2,8-9H2,1H3,(H,13,14). The van der Waals surface area contributed by atoms with Crippen LogP contribution in [0.2, 0.25) is 0 Å². The Balaban J connectivity index is 2.20. The van der Waals surface area contributed by atoms with Crippen LogP contribution < -0.4 is 10.1 Å². The molecule has 1 amide bonds. The highest BCUT2D eigenvalue weighted by atomic mass is 16.5. The van der Waals surface area contributed by atoms with Gasteiger partial charge in [-0.1, -0.05) is 18.2 Å². The van der Waals surface area contributed by atoms with Gasteiger partial charge < -0.3 is 14.8 Å². The van der Waals surface area contributed by atoms with Gasteiger partial charge in [-0.2, -0.15) is 0 Å². The van der Waals surface area contributed by atoms with Crippen molar-refractivity contribution >= 4 is 11.9 Å². The highest BCUT2D eigenvalue weighted by Crippen LogP contribution is 2.07. The fourth-order valence-electron chi connectivity index (χ4n) is 1.10. The van der Waals surface area contributed by atoms with E-state index in [0.29, 0.717) is 12.4 Å². The van der Waals surface area contributed by atoms with Crippen molar-refractivity contribution < 1.29 is 19.1 Å². The number of amides is 1. The maximum atomic E-state index is 11.3. The lowest BCUT2D eigenvalue weighted by Crippen LogP contribution is -2.34. The lowest BCUT2D eigenvalue weighted by molar-refractivity contribution is -0.143. The van der Waals surface area contributed by atoms with Gasteiger partial charge in [-0.3, -0.25) is 9.59 Å². The molecular formula is C12H15NO4. The van der Waals surface area contributed by atoms with Gasteiger partial charge in [-0.05, 0) is 19.1 Å². The summed E-state index contributed by atoms with van der Waals surface area (Å²) in [5.74, 6) is -0.207. The molecule has 0 heterocycles. The molecular weight excluding hydrogens is 222 g/mol. The molecule has 1 rings (SSSR count). The van der Waals surface area contributed by atoms with Crippen molar-refractivity contribution in [2.24, 2.45) is 0 Å². The van der Waals surface area contributed by atoms with Crippen molar-refractivity contribution in [2.75, 3.05) is 19.8 Å². The van der Waals surface area contributed by atoms with Gasteiger partial charge in [-0.15, -0.1) is 0 Å². The minimum absolute atomic E-state index is 0.122. The normalized spacial score (nSPS) is 9.47.